The van der Waals surface area contributed by atoms with Gasteiger partial charge < -0.3 is 9.30 Å². The van der Waals surface area contributed by atoms with Gasteiger partial charge in [-0.05, 0) is 30.3 Å². The molecule has 3 nitrogen and oxygen atoms in total. The third-order valence-corrected chi connectivity index (χ3v) is 2.72. The Hall–Kier alpha value is -2.10. The highest BCUT2D eigenvalue weighted by atomic mass is 19.1. The van der Waals surface area contributed by atoms with E-state index < -0.39 is 0 Å². The highest BCUT2D eigenvalue weighted by molar-refractivity contribution is 5.77. The molecule has 2 rings (SSSR count). The fourth-order valence-corrected chi connectivity index (χ4v) is 1.80. The SMILES string of the molecule is COc1ccc(F)cc1-c1ccc(C=O)n1C. The van der Waals surface area contributed by atoms with E-state index in [2.05, 4.69) is 0 Å². The standard InChI is InChI=1S/C13H12FNO2/c1-15-10(8-16)4-5-12(15)11-7-9(14)3-6-13(11)17-2/h3-8H,1-2H3. The zero-order chi connectivity index (χ0) is 12.4. The summed E-state index contributed by atoms with van der Waals surface area (Å²) < 4.78 is 20.1. The Morgan fingerprint density at radius 2 is 2.06 bits per heavy atom. The molecule has 0 N–H and O–H groups in total. The summed E-state index contributed by atoms with van der Waals surface area (Å²) in [6.07, 6.45) is 0.759. The summed E-state index contributed by atoms with van der Waals surface area (Å²) in [6, 6.07) is 7.75. The molecule has 0 saturated carbocycles. The van der Waals surface area contributed by atoms with Gasteiger partial charge in [-0.15, -0.1) is 0 Å². The molecule has 1 heterocycles. The Bertz CT molecular complexity index is 561. The van der Waals surface area contributed by atoms with Gasteiger partial charge in [-0.25, -0.2) is 4.39 Å². The van der Waals surface area contributed by atoms with Crippen LogP contribution in [0.25, 0.3) is 11.3 Å². The van der Waals surface area contributed by atoms with Crippen molar-refractivity contribution < 1.29 is 13.9 Å². The normalized spacial score (nSPS) is 10.3. The zero-order valence-corrected chi connectivity index (χ0v) is 9.61. The monoisotopic (exact) mass is 233 g/mol. The molecule has 2 aromatic rings. The Morgan fingerprint density at radius 1 is 1.29 bits per heavy atom. The Balaban J connectivity index is 2.62. The molecule has 17 heavy (non-hydrogen) atoms. The summed E-state index contributed by atoms with van der Waals surface area (Å²) >= 11 is 0. The van der Waals surface area contributed by atoms with Crippen LogP contribution in [0.2, 0.25) is 0 Å². The Labute approximate surface area is 98.4 Å². The van der Waals surface area contributed by atoms with Crippen LogP contribution in [0.5, 0.6) is 5.75 Å². The van der Waals surface area contributed by atoms with Gasteiger partial charge in [0.05, 0.1) is 18.5 Å². The number of halogens is 1. The van der Waals surface area contributed by atoms with Gasteiger partial charge >= 0.3 is 0 Å². The molecule has 0 saturated heterocycles. The van der Waals surface area contributed by atoms with Crippen molar-refractivity contribution in [3.63, 3.8) is 0 Å². The maximum Gasteiger partial charge on any atom is 0.166 e. The van der Waals surface area contributed by atoms with Gasteiger partial charge in [0.1, 0.15) is 11.6 Å². The smallest absolute Gasteiger partial charge is 0.166 e. The third kappa shape index (κ3) is 1.93. The maximum absolute atomic E-state index is 13.3. The van der Waals surface area contributed by atoms with E-state index in [9.17, 15) is 9.18 Å². The first kappa shape index (κ1) is 11.4. The summed E-state index contributed by atoms with van der Waals surface area (Å²) in [5.74, 6) is 0.236. The molecule has 0 amide bonds. The minimum atomic E-state index is -0.338. The Morgan fingerprint density at radius 3 is 2.65 bits per heavy atom. The van der Waals surface area contributed by atoms with Crippen LogP contribution in [0.3, 0.4) is 0 Å². The van der Waals surface area contributed by atoms with Crippen molar-refractivity contribution in [2.45, 2.75) is 0 Å². The largest absolute Gasteiger partial charge is 0.496 e. The molecule has 0 aliphatic rings. The number of benzene rings is 1. The summed E-state index contributed by atoms with van der Waals surface area (Å²) in [4.78, 5) is 10.8. The van der Waals surface area contributed by atoms with Crippen LogP contribution in [-0.4, -0.2) is 18.0 Å². The highest BCUT2D eigenvalue weighted by Gasteiger charge is 2.12. The molecule has 0 fully saturated rings. The molecule has 0 bridgehead atoms. The Kier molecular flexibility index (Phi) is 2.95. The van der Waals surface area contributed by atoms with Crippen LogP contribution >= 0.6 is 0 Å². The summed E-state index contributed by atoms with van der Waals surface area (Å²) in [5, 5.41) is 0. The zero-order valence-electron chi connectivity index (χ0n) is 9.61. The van der Waals surface area contributed by atoms with Crippen molar-refractivity contribution in [2.75, 3.05) is 7.11 Å². The number of ether oxygens (including phenoxy) is 1. The minimum absolute atomic E-state index is 0.338. The number of carbonyl (C=O) groups excluding carboxylic acids is 1. The molecule has 0 aliphatic heterocycles. The molecule has 0 aliphatic carbocycles. The van der Waals surface area contributed by atoms with Gasteiger partial charge in [-0.2, -0.15) is 0 Å². The molecule has 88 valence electrons. The van der Waals surface area contributed by atoms with Crippen molar-refractivity contribution in [3.05, 3.63) is 41.8 Å². The molecular weight excluding hydrogens is 221 g/mol. The number of nitrogens with zero attached hydrogens (tertiary/aromatic N) is 1. The van der Waals surface area contributed by atoms with Crippen LogP contribution in [0.4, 0.5) is 4.39 Å². The first-order valence-electron chi connectivity index (χ1n) is 5.12. The lowest BCUT2D eigenvalue weighted by atomic mass is 10.1. The highest BCUT2D eigenvalue weighted by Crippen LogP contribution is 2.31. The summed E-state index contributed by atoms with van der Waals surface area (Å²) in [6.45, 7) is 0. The topological polar surface area (TPSA) is 31.2 Å². The predicted molar refractivity (Wildman–Crippen MR) is 62.7 cm³/mol. The third-order valence-electron chi connectivity index (χ3n) is 2.72. The number of carbonyl (C=O) groups is 1. The van der Waals surface area contributed by atoms with Crippen molar-refractivity contribution in [1.29, 1.82) is 0 Å². The molecule has 1 aromatic heterocycles. The maximum atomic E-state index is 13.3. The summed E-state index contributed by atoms with van der Waals surface area (Å²) in [7, 11) is 3.28. The van der Waals surface area contributed by atoms with Crippen LogP contribution in [-0.2, 0) is 7.05 Å². The van der Waals surface area contributed by atoms with E-state index in [1.165, 1.54) is 19.2 Å². The van der Waals surface area contributed by atoms with Crippen LogP contribution in [0.15, 0.2) is 30.3 Å². The second-order valence-corrected chi connectivity index (χ2v) is 3.66. The summed E-state index contributed by atoms with van der Waals surface area (Å²) in [5.41, 5.74) is 1.90. The molecule has 0 spiro atoms. The molecule has 4 heteroatoms. The van der Waals surface area contributed by atoms with E-state index in [1.54, 1.807) is 29.8 Å². The number of aldehydes is 1. The molecular formula is C13H12FNO2. The van der Waals surface area contributed by atoms with E-state index in [0.717, 1.165) is 12.0 Å². The van der Waals surface area contributed by atoms with Crippen molar-refractivity contribution in [3.8, 4) is 17.0 Å². The molecule has 0 unspecified atom stereocenters. The molecule has 0 atom stereocenters. The predicted octanol–water partition coefficient (Wildman–Crippen LogP) is 2.65. The quantitative estimate of drug-likeness (QED) is 0.763. The first-order valence-corrected chi connectivity index (χ1v) is 5.12. The van der Waals surface area contributed by atoms with Crippen LogP contribution in [0, 0.1) is 5.82 Å². The van der Waals surface area contributed by atoms with Crippen molar-refractivity contribution >= 4 is 6.29 Å². The average molecular weight is 233 g/mol. The van der Waals surface area contributed by atoms with E-state index in [-0.39, 0.29) is 5.82 Å². The number of rotatable bonds is 3. The van der Waals surface area contributed by atoms with Crippen molar-refractivity contribution in [1.82, 2.24) is 4.57 Å². The lowest BCUT2D eigenvalue weighted by Gasteiger charge is -2.10. The van der Waals surface area contributed by atoms with Crippen LogP contribution in [0.1, 0.15) is 10.5 Å². The molecule has 0 radical (unpaired) electrons. The number of hydrogen-bond donors (Lipinski definition) is 0. The number of hydrogen-bond acceptors (Lipinski definition) is 2. The van der Waals surface area contributed by atoms with Gasteiger partial charge in [0, 0.05) is 12.6 Å². The average Bonchev–Trinajstić information content (AvgIpc) is 2.70. The fraction of sp³-hybridized carbons (Fsp3) is 0.154. The lowest BCUT2D eigenvalue weighted by Crippen LogP contribution is -1.98. The number of methoxy groups -OCH3 is 1. The fourth-order valence-electron chi connectivity index (χ4n) is 1.80. The van der Waals surface area contributed by atoms with Gasteiger partial charge in [-0.3, -0.25) is 4.79 Å². The van der Waals surface area contributed by atoms with E-state index >= 15 is 0 Å². The molecule has 1 aromatic carbocycles. The van der Waals surface area contributed by atoms with E-state index in [1.807, 2.05) is 0 Å². The number of aromatic nitrogens is 1. The van der Waals surface area contributed by atoms with Gasteiger partial charge in [0.15, 0.2) is 6.29 Å². The van der Waals surface area contributed by atoms with E-state index in [4.69, 9.17) is 4.74 Å². The van der Waals surface area contributed by atoms with Gasteiger partial charge in [0.25, 0.3) is 0 Å². The van der Waals surface area contributed by atoms with Gasteiger partial charge in [-0.1, -0.05) is 0 Å². The van der Waals surface area contributed by atoms with E-state index in [0.29, 0.717) is 17.0 Å². The minimum Gasteiger partial charge on any atom is -0.496 e. The second kappa shape index (κ2) is 4.41. The first-order chi connectivity index (χ1) is 8.17. The second-order valence-electron chi connectivity index (χ2n) is 3.66. The van der Waals surface area contributed by atoms with Crippen molar-refractivity contribution in [2.24, 2.45) is 7.05 Å². The van der Waals surface area contributed by atoms with Gasteiger partial charge in [0.2, 0.25) is 0 Å². The lowest BCUT2D eigenvalue weighted by molar-refractivity contribution is 0.111. The van der Waals surface area contributed by atoms with Crippen LogP contribution < -0.4 is 4.74 Å².